The number of ether oxygens (including phenoxy) is 3. The summed E-state index contributed by atoms with van der Waals surface area (Å²) in [5.74, 6) is 3.21. The number of likely N-dealkylation sites (tertiary alicyclic amines) is 1. The number of hydrogen-bond acceptors (Lipinski definition) is 4. The first-order valence-electron chi connectivity index (χ1n) is 8.36. The van der Waals surface area contributed by atoms with Crippen molar-refractivity contribution in [2.75, 3.05) is 33.5 Å². The van der Waals surface area contributed by atoms with Gasteiger partial charge in [0.15, 0.2) is 17.5 Å². The lowest BCUT2D eigenvalue weighted by molar-refractivity contribution is -0.0667. The summed E-state index contributed by atoms with van der Waals surface area (Å²) in [6, 6.07) is 5.62. The van der Waals surface area contributed by atoms with Crippen molar-refractivity contribution >= 4 is 29.9 Å². The van der Waals surface area contributed by atoms with E-state index in [1.165, 1.54) is 0 Å². The lowest BCUT2D eigenvalue weighted by atomic mass is 9.65. The number of halogens is 1. The van der Waals surface area contributed by atoms with Crippen LogP contribution in [0.5, 0.6) is 17.2 Å². The number of aliphatic imine (C=N–C) groups is 1. The lowest BCUT2D eigenvalue weighted by Crippen LogP contribution is -2.72. The van der Waals surface area contributed by atoms with E-state index in [0.29, 0.717) is 13.2 Å². The molecule has 140 valence electrons. The Bertz CT molecular complexity index is 646. The van der Waals surface area contributed by atoms with Gasteiger partial charge in [-0.15, -0.1) is 24.0 Å². The predicted octanol–water partition coefficient (Wildman–Crippen LogP) is 3.11. The lowest BCUT2D eigenvalue weighted by Gasteiger charge is -2.62. The normalized spacial score (nSPS) is 19.7. The molecule has 1 N–H and O–H groups in total. The van der Waals surface area contributed by atoms with Gasteiger partial charge in [-0.1, -0.05) is 13.8 Å². The summed E-state index contributed by atoms with van der Waals surface area (Å²) in [6.45, 7) is 11.6. The van der Waals surface area contributed by atoms with Crippen LogP contribution in [0, 0.1) is 5.41 Å². The minimum Gasteiger partial charge on any atom is -0.492 e. The molecule has 2 heterocycles. The molecule has 2 aliphatic heterocycles. The molecule has 0 radical (unpaired) electrons. The number of nitrogens with one attached hydrogen (secondary N) is 1. The average Bonchev–Trinajstić information content (AvgIpc) is 3.01. The van der Waals surface area contributed by atoms with Gasteiger partial charge in [0.1, 0.15) is 12.4 Å². The Morgan fingerprint density at radius 3 is 2.60 bits per heavy atom. The maximum atomic E-state index is 5.78. The van der Waals surface area contributed by atoms with E-state index in [4.69, 9.17) is 14.2 Å². The maximum absolute atomic E-state index is 5.78. The van der Waals surface area contributed by atoms with Crippen LogP contribution in [0.2, 0.25) is 0 Å². The molecule has 1 saturated heterocycles. The molecule has 25 heavy (non-hydrogen) atoms. The Hall–Kier alpha value is -1.38. The molecule has 0 atom stereocenters. The number of guanidine groups is 1. The van der Waals surface area contributed by atoms with Crippen molar-refractivity contribution in [3.8, 4) is 17.2 Å². The Morgan fingerprint density at radius 1 is 1.24 bits per heavy atom. The zero-order valence-corrected chi connectivity index (χ0v) is 17.9. The first kappa shape index (κ1) is 19.9. The van der Waals surface area contributed by atoms with Gasteiger partial charge < -0.3 is 24.4 Å². The quantitative estimate of drug-likeness (QED) is 0.323. The predicted molar refractivity (Wildman–Crippen MR) is 109 cm³/mol. The minimum absolute atomic E-state index is 0. The average molecular weight is 461 g/mol. The number of benzene rings is 1. The Labute approximate surface area is 166 Å². The summed E-state index contributed by atoms with van der Waals surface area (Å²) >= 11 is 0. The van der Waals surface area contributed by atoms with Gasteiger partial charge >= 0.3 is 0 Å². The first-order chi connectivity index (χ1) is 11.3. The van der Waals surface area contributed by atoms with Gasteiger partial charge in [-0.25, -0.2) is 0 Å². The summed E-state index contributed by atoms with van der Waals surface area (Å²) in [5.41, 5.74) is 0.376. The van der Waals surface area contributed by atoms with E-state index in [-0.39, 0.29) is 41.7 Å². The van der Waals surface area contributed by atoms with Crippen LogP contribution in [-0.4, -0.2) is 49.9 Å². The van der Waals surface area contributed by atoms with Gasteiger partial charge in [0, 0.05) is 30.6 Å². The zero-order chi connectivity index (χ0) is 17.4. The van der Waals surface area contributed by atoms with Crippen LogP contribution in [0.3, 0.4) is 0 Å². The third kappa shape index (κ3) is 3.75. The summed E-state index contributed by atoms with van der Waals surface area (Å²) < 4.78 is 16.4. The van der Waals surface area contributed by atoms with E-state index in [2.05, 4.69) is 42.9 Å². The van der Waals surface area contributed by atoms with Gasteiger partial charge in [-0.05, 0) is 26.0 Å². The van der Waals surface area contributed by atoms with Gasteiger partial charge in [0.05, 0.1) is 6.54 Å². The Morgan fingerprint density at radius 2 is 1.96 bits per heavy atom. The topological polar surface area (TPSA) is 55.3 Å². The zero-order valence-electron chi connectivity index (χ0n) is 15.6. The number of fused-ring (bicyclic) bond motifs is 1. The van der Waals surface area contributed by atoms with Gasteiger partial charge in [0.2, 0.25) is 6.79 Å². The fourth-order valence-electron chi connectivity index (χ4n) is 2.99. The van der Waals surface area contributed by atoms with Gasteiger partial charge in [-0.3, -0.25) is 4.99 Å². The maximum Gasteiger partial charge on any atom is 0.231 e. The standard InChI is InChI=1S/C18H27N3O3.HI/c1-17(2)11-21(18(17,3)4)16(19-5)20-8-9-22-13-6-7-14-15(10-13)24-12-23-14;/h6-7,10H,8-9,11-12H2,1-5H3,(H,19,20);1H. The van der Waals surface area contributed by atoms with Crippen LogP contribution in [0.15, 0.2) is 23.2 Å². The van der Waals surface area contributed by atoms with Gasteiger partial charge in [-0.2, -0.15) is 0 Å². The molecule has 2 aliphatic rings. The second kappa shape index (κ2) is 7.47. The fraction of sp³-hybridized carbons (Fsp3) is 0.611. The first-order valence-corrected chi connectivity index (χ1v) is 8.36. The van der Waals surface area contributed by atoms with E-state index in [9.17, 15) is 0 Å². The molecule has 0 saturated carbocycles. The van der Waals surface area contributed by atoms with Crippen LogP contribution in [0.25, 0.3) is 0 Å². The smallest absolute Gasteiger partial charge is 0.231 e. The molecule has 1 aromatic carbocycles. The van der Waals surface area contributed by atoms with E-state index in [1.807, 2.05) is 25.2 Å². The van der Waals surface area contributed by atoms with Gasteiger partial charge in [0.25, 0.3) is 0 Å². The molecular formula is C18H28IN3O3. The van der Waals surface area contributed by atoms with Crippen molar-refractivity contribution in [3.05, 3.63) is 18.2 Å². The van der Waals surface area contributed by atoms with Crippen molar-refractivity contribution in [2.45, 2.75) is 33.2 Å². The van der Waals surface area contributed by atoms with Crippen LogP contribution in [-0.2, 0) is 0 Å². The molecule has 0 spiro atoms. The van der Waals surface area contributed by atoms with Crippen molar-refractivity contribution in [1.82, 2.24) is 10.2 Å². The Kier molecular flexibility index (Phi) is 5.96. The molecule has 1 fully saturated rings. The minimum atomic E-state index is 0. The highest BCUT2D eigenvalue weighted by Gasteiger charge is 2.53. The van der Waals surface area contributed by atoms with Crippen LogP contribution in [0.4, 0.5) is 0 Å². The van der Waals surface area contributed by atoms with Crippen molar-refractivity contribution in [2.24, 2.45) is 10.4 Å². The van der Waals surface area contributed by atoms with Crippen LogP contribution >= 0.6 is 24.0 Å². The molecule has 7 heteroatoms. The fourth-order valence-corrected chi connectivity index (χ4v) is 2.99. The molecule has 0 bridgehead atoms. The van der Waals surface area contributed by atoms with Crippen molar-refractivity contribution in [1.29, 1.82) is 0 Å². The molecule has 0 aliphatic carbocycles. The highest BCUT2D eigenvalue weighted by Crippen LogP contribution is 2.46. The summed E-state index contributed by atoms with van der Waals surface area (Å²) in [7, 11) is 1.82. The third-order valence-corrected chi connectivity index (χ3v) is 5.35. The summed E-state index contributed by atoms with van der Waals surface area (Å²) in [6.07, 6.45) is 0. The second-order valence-corrected chi connectivity index (χ2v) is 7.37. The SMILES string of the molecule is CN=C(NCCOc1ccc2c(c1)OCO2)N1CC(C)(C)C1(C)C.I. The summed E-state index contributed by atoms with van der Waals surface area (Å²) in [4.78, 5) is 6.72. The molecule has 3 rings (SSSR count). The molecule has 0 amide bonds. The Balaban J connectivity index is 0.00000225. The van der Waals surface area contributed by atoms with E-state index in [0.717, 1.165) is 29.8 Å². The summed E-state index contributed by atoms with van der Waals surface area (Å²) in [5, 5.41) is 3.38. The van der Waals surface area contributed by atoms with E-state index >= 15 is 0 Å². The number of nitrogens with zero attached hydrogens (tertiary/aromatic N) is 2. The van der Waals surface area contributed by atoms with E-state index < -0.39 is 0 Å². The highest BCUT2D eigenvalue weighted by molar-refractivity contribution is 14.0. The van der Waals surface area contributed by atoms with Crippen molar-refractivity contribution < 1.29 is 14.2 Å². The molecule has 0 aromatic heterocycles. The molecule has 6 nitrogen and oxygen atoms in total. The largest absolute Gasteiger partial charge is 0.492 e. The molecule has 1 aromatic rings. The van der Waals surface area contributed by atoms with Crippen LogP contribution < -0.4 is 19.5 Å². The number of rotatable bonds is 4. The molecular weight excluding hydrogens is 433 g/mol. The number of hydrogen-bond donors (Lipinski definition) is 1. The second-order valence-electron chi connectivity index (χ2n) is 7.37. The van der Waals surface area contributed by atoms with Crippen molar-refractivity contribution in [3.63, 3.8) is 0 Å². The highest BCUT2D eigenvalue weighted by atomic mass is 127. The van der Waals surface area contributed by atoms with Crippen LogP contribution in [0.1, 0.15) is 27.7 Å². The molecule has 0 unspecified atom stereocenters. The van der Waals surface area contributed by atoms with E-state index in [1.54, 1.807) is 0 Å². The third-order valence-electron chi connectivity index (χ3n) is 5.35. The monoisotopic (exact) mass is 461 g/mol.